The highest BCUT2D eigenvalue weighted by atomic mass is 15.2. The molecule has 20 heavy (non-hydrogen) atoms. The van der Waals surface area contributed by atoms with Crippen molar-refractivity contribution in [2.45, 2.75) is 76.7 Å². The predicted octanol–water partition coefficient (Wildman–Crippen LogP) is 3.80. The van der Waals surface area contributed by atoms with E-state index in [1.54, 1.807) is 0 Å². The summed E-state index contributed by atoms with van der Waals surface area (Å²) in [5.41, 5.74) is 6.15. The molecule has 0 aromatic carbocycles. The number of rotatable bonds is 4. The van der Waals surface area contributed by atoms with Gasteiger partial charge in [0, 0.05) is 19.1 Å². The molecule has 0 aromatic heterocycles. The minimum absolute atomic E-state index is 0.681. The molecule has 3 aliphatic rings. The van der Waals surface area contributed by atoms with Crippen molar-refractivity contribution in [1.82, 2.24) is 4.90 Å². The van der Waals surface area contributed by atoms with E-state index in [0.717, 1.165) is 24.3 Å². The van der Waals surface area contributed by atoms with Crippen LogP contribution in [0.1, 0.15) is 70.6 Å². The fourth-order valence-electron chi connectivity index (χ4n) is 5.16. The van der Waals surface area contributed by atoms with E-state index in [4.69, 9.17) is 5.73 Å². The SMILES string of the molecule is NCC(CC1CCCCC1)N1CCC2CCCCC2C1. The lowest BCUT2D eigenvalue weighted by Gasteiger charge is -2.45. The Hall–Kier alpha value is -0.0800. The Kier molecular flexibility index (Phi) is 5.39. The van der Waals surface area contributed by atoms with E-state index in [1.807, 2.05) is 0 Å². The van der Waals surface area contributed by atoms with Crippen molar-refractivity contribution in [3.8, 4) is 0 Å². The lowest BCUT2D eigenvalue weighted by atomic mass is 9.74. The fourth-order valence-corrected chi connectivity index (χ4v) is 5.16. The first-order chi connectivity index (χ1) is 9.86. The van der Waals surface area contributed by atoms with Crippen LogP contribution in [0.3, 0.4) is 0 Å². The third-order valence-corrected chi connectivity index (χ3v) is 6.44. The Morgan fingerprint density at radius 3 is 2.30 bits per heavy atom. The van der Waals surface area contributed by atoms with Crippen LogP contribution in [-0.2, 0) is 0 Å². The van der Waals surface area contributed by atoms with Crippen LogP contribution in [-0.4, -0.2) is 30.6 Å². The molecule has 2 saturated carbocycles. The largest absolute Gasteiger partial charge is 0.329 e. The number of hydrogen-bond acceptors (Lipinski definition) is 2. The van der Waals surface area contributed by atoms with Gasteiger partial charge in [-0.05, 0) is 43.6 Å². The molecule has 0 bridgehead atoms. The van der Waals surface area contributed by atoms with Crippen molar-refractivity contribution >= 4 is 0 Å². The maximum Gasteiger partial charge on any atom is 0.0221 e. The van der Waals surface area contributed by atoms with E-state index in [2.05, 4.69) is 4.90 Å². The fraction of sp³-hybridized carbons (Fsp3) is 1.00. The standard InChI is InChI=1S/C18H34N2/c19-13-18(12-15-6-2-1-3-7-15)20-11-10-16-8-4-5-9-17(16)14-20/h15-18H,1-14,19H2. The lowest BCUT2D eigenvalue weighted by molar-refractivity contribution is 0.0486. The first kappa shape index (κ1) is 14.8. The van der Waals surface area contributed by atoms with E-state index in [-0.39, 0.29) is 0 Å². The zero-order valence-corrected chi connectivity index (χ0v) is 13.2. The molecular weight excluding hydrogens is 244 g/mol. The number of nitrogens with zero attached hydrogens (tertiary/aromatic N) is 1. The Morgan fingerprint density at radius 1 is 0.850 bits per heavy atom. The summed E-state index contributed by atoms with van der Waals surface area (Å²) >= 11 is 0. The van der Waals surface area contributed by atoms with Crippen LogP contribution in [0.4, 0.5) is 0 Å². The van der Waals surface area contributed by atoms with Gasteiger partial charge in [-0.15, -0.1) is 0 Å². The van der Waals surface area contributed by atoms with Gasteiger partial charge in [-0.2, -0.15) is 0 Å². The Morgan fingerprint density at radius 2 is 1.55 bits per heavy atom. The van der Waals surface area contributed by atoms with Gasteiger partial charge in [0.15, 0.2) is 0 Å². The third-order valence-electron chi connectivity index (χ3n) is 6.44. The summed E-state index contributed by atoms with van der Waals surface area (Å²) < 4.78 is 0. The maximum atomic E-state index is 6.15. The molecule has 0 radical (unpaired) electrons. The minimum Gasteiger partial charge on any atom is -0.329 e. The number of likely N-dealkylation sites (tertiary alicyclic amines) is 1. The van der Waals surface area contributed by atoms with Crippen LogP contribution in [0.15, 0.2) is 0 Å². The molecule has 3 unspecified atom stereocenters. The molecule has 3 rings (SSSR count). The number of piperidine rings is 1. The van der Waals surface area contributed by atoms with Crippen molar-refractivity contribution in [3.05, 3.63) is 0 Å². The van der Waals surface area contributed by atoms with Crippen molar-refractivity contribution in [1.29, 1.82) is 0 Å². The van der Waals surface area contributed by atoms with Crippen LogP contribution in [0.25, 0.3) is 0 Å². The van der Waals surface area contributed by atoms with Crippen LogP contribution < -0.4 is 5.73 Å². The highest BCUT2D eigenvalue weighted by Gasteiger charge is 2.34. The quantitative estimate of drug-likeness (QED) is 0.847. The molecule has 0 amide bonds. The van der Waals surface area contributed by atoms with E-state index < -0.39 is 0 Å². The highest BCUT2D eigenvalue weighted by Crippen LogP contribution is 2.37. The smallest absolute Gasteiger partial charge is 0.0221 e. The average molecular weight is 278 g/mol. The normalized spacial score (nSPS) is 34.6. The van der Waals surface area contributed by atoms with Gasteiger partial charge in [0.25, 0.3) is 0 Å². The first-order valence-corrected chi connectivity index (χ1v) is 9.31. The second-order valence-electron chi connectivity index (χ2n) is 7.72. The molecule has 1 heterocycles. The molecule has 1 aliphatic heterocycles. The monoisotopic (exact) mass is 278 g/mol. The lowest BCUT2D eigenvalue weighted by Crippen LogP contribution is -2.50. The molecule has 2 heteroatoms. The predicted molar refractivity (Wildman–Crippen MR) is 85.7 cm³/mol. The molecule has 1 saturated heterocycles. The summed E-state index contributed by atoms with van der Waals surface area (Å²) in [4.78, 5) is 2.78. The number of fused-ring (bicyclic) bond motifs is 1. The summed E-state index contributed by atoms with van der Waals surface area (Å²) in [7, 11) is 0. The number of hydrogen-bond donors (Lipinski definition) is 1. The molecule has 116 valence electrons. The summed E-state index contributed by atoms with van der Waals surface area (Å²) in [6, 6.07) is 0.681. The van der Waals surface area contributed by atoms with Crippen molar-refractivity contribution in [2.24, 2.45) is 23.5 Å². The zero-order chi connectivity index (χ0) is 13.8. The van der Waals surface area contributed by atoms with Crippen molar-refractivity contribution in [3.63, 3.8) is 0 Å². The van der Waals surface area contributed by atoms with Gasteiger partial charge in [-0.1, -0.05) is 51.4 Å². The van der Waals surface area contributed by atoms with Gasteiger partial charge in [-0.3, -0.25) is 4.90 Å². The topological polar surface area (TPSA) is 29.3 Å². The van der Waals surface area contributed by atoms with Crippen LogP contribution in [0, 0.1) is 17.8 Å². The molecule has 0 spiro atoms. The molecule has 2 aliphatic carbocycles. The Bertz CT molecular complexity index is 283. The second kappa shape index (κ2) is 7.26. The van der Waals surface area contributed by atoms with Crippen LogP contribution in [0.5, 0.6) is 0 Å². The average Bonchev–Trinajstić information content (AvgIpc) is 2.53. The van der Waals surface area contributed by atoms with E-state index in [9.17, 15) is 0 Å². The molecule has 3 atom stereocenters. The molecule has 3 fully saturated rings. The second-order valence-corrected chi connectivity index (χ2v) is 7.72. The van der Waals surface area contributed by atoms with Crippen molar-refractivity contribution < 1.29 is 0 Å². The summed E-state index contributed by atoms with van der Waals surface area (Å²) in [6.45, 7) is 3.57. The van der Waals surface area contributed by atoms with E-state index in [0.29, 0.717) is 6.04 Å². The highest BCUT2D eigenvalue weighted by molar-refractivity contribution is 4.87. The van der Waals surface area contributed by atoms with E-state index >= 15 is 0 Å². The zero-order valence-electron chi connectivity index (χ0n) is 13.2. The van der Waals surface area contributed by atoms with Crippen LogP contribution in [0.2, 0.25) is 0 Å². The molecular formula is C18H34N2. The molecule has 2 nitrogen and oxygen atoms in total. The third kappa shape index (κ3) is 3.57. The van der Waals surface area contributed by atoms with Gasteiger partial charge in [-0.25, -0.2) is 0 Å². The van der Waals surface area contributed by atoms with Gasteiger partial charge in [0.1, 0.15) is 0 Å². The first-order valence-electron chi connectivity index (χ1n) is 9.31. The minimum atomic E-state index is 0.681. The number of nitrogens with two attached hydrogens (primary N) is 1. The Labute approximate surface area is 125 Å². The van der Waals surface area contributed by atoms with Gasteiger partial charge in [0.2, 0.25) is 0 Å². The molecule has 2 N–H and O–H groups in total. The van der Waals surface area contributed by atoms with Crippen molar-refractivity contribution in [2.75, 3.05) is 19.6 Å². The van der Waals surface area contributed by atoms with Crippen LogP contribution >= 0.6 is 0 Å². The van der Waals surface area contributed by atoms with E-state index in [1.165, 1.54) is 83.7 Å². The van der Waals surface area contributed by atoms with Gasteiger partial charge in [0.05, 0.1) is 0 Å². The summed E-state index contributed by atoms with van der Waals surface area (Å²) in [5, 5.41) is 0. The maximum absolute atomic E-state index is 6.15. The summed E-state index contributed by atoms with van der Waals surface area (Å²) in [5.74, 6) is 3.02. The van der Waals surface area contributed by atoms with Gasteiger partial charge >= 0.3 is 0 Å². The summed E-state index contributed by atoms with van der Waals surface area (Å²) in [6.07, 6.45) is 16.1. The molecule has 0 aromatic rings. The van der Waals surface area contributed by atoms with Gasteiger partial charge < -0.3 is 5.73 Å². The Balaban J connectivity index is 1.52.